The molecule has 0 amide bonds. The highest BCUT2D eigenvalue weighted by Crippen LogP contribution is 2.66. The standard InChI is InChI=1S/C21H29ClO3/c1-12(23)25-18-7-6-14-13-4-5-16-19(22)17(24)9-11-20(16,2)15(13)8-10-21(14,18)3/h13-15,18H,4-11H2,1-3H3/t13?,14?,15?,18-,20?,21?/m0/s1. The number of esters is 1. The summed E-state index contributed by atoms with van der Waals surface area (Å²) in [5.41, 5.74) is 1.46. The van der Waals surface area contributed by atoms with Gasteiger partial charge in [0.2, 0.25) is 0 Å². The largest absolute Gasteiger partial charge is 0.462 e. The van der Waals surface area contributed by atoms with E-state index in [1.54, 1.807) is 0 Å². The molecular formula is C21H29ClO3. The van der Waals surface area contributed by atoms with Crippen LogP contribution in [0.4, 0.5) is 0 Å². The third kappa shape index (κ3) is 2.44. The molecule has 3 fully saturated rings. The molecule has 25 heavy (non-hydrogen) atoms. The summed E-state index contributed by atoms with van der Waals surface area (Å²) in [5.74, 6) is 1.92. The second kappa shape index (κ2) is 5.84. The van der Waals surface area contributed by atoms with Gasteiger partial charge in [0.15, 0.2) is 5.78 Å². The van der Waals surface area contributed by atoms with Gasteiger partial charge in [-0.05, 0) is 73.7 Å². The lowest BCUT2D eigenvalue weighted by Crippen LogP contribution is -2.52. The highest BCUT2D eigenvalue weighted by Gasteiger charge is 2.60. The second-order valence-corrected chi connectivity index (χ2v) is 9.65. The highest BCUT2D eigenvalue weighted by molar-refractivity contribution is 6.43. The molecular weight excluding hydrogens is 336 g/mol. The maximum atomic E-state index is 12.1. The smallest absolute Gasteiger partial charge is 0.302 e. The average molecular weight is 365 g/mol. The van der Waals surface area contributed by atoms with Crippen LogP contribution in [0.5, 0.6) is 0 Å². The third-order valence-electron chi connectivity index (χ3n) is 8.27. The molecule has 4 aliphatic rings. The van der Waals surface area contributed by atoms with Crippen molar-refractivity contribution in [1.82, 2.24) is 0 Å². The Balaban J connectivity index is 1.65. The number of ketones is 1. The molecule has 0 aromatic rings. The van der Waals surface area contributed by atoms with Crippen LogP contribution >= 0.6 is 11.6 Å². The van der Waals surface area contributed by atoms with Gasteiger partial charge in [0.1, 0.15) is 6.10 Å². The van der Waals surface area contributed by atoms with Gasteiger partial charge in [0.25, 0.3) is 0 Å². The number of hydrogen-bond donors (Lipinski definition) is 0. The number of Topliss-reactive ketones (excluding diaryl/α,β-unsaturated/α-hetero) is 1. The van der Waals surface area contributed by atoms with Crippen LogP contribution in [0, 0.1) is 28.6 Å². The van der Waals surface area contributed by atoms with Gasteiger partial charge in [-0.15, -0.1) is 0 Å². The molecule has 6 atom stereocenters. The molecule has 138 valence electrons. The molecule has 4 heteroatoms. The van der Waals surface area contributed by atoms with Gasteiger partial charge < -0.3 is 4.74 Å². The molecule has 0 N–H and O–H groups in total. The van der Waals surface area contributed by atoms with Crippen molar-refractivity contribution in [1.29, 1.82) is 0 Å². The fraction of sp³-hybridized carbons (Fsp3) is 0.810. The third-order valence-corrected chi connectivity index (χ3v) is 8.71. The Morgan fingerprint density at radius 1 is 1.08 bits per heavy atom. The molecule has 5 unspecified atom stereocenters. The lowest BCUT2D eigenvalue weighted by molar-refractivity contribution is -0.157. The molecule has 3 nitrogen and oxygen atoms in total. The Morgan fingerprint density at radius 3 is 2.56 bits per heavy atom. The van der Waals surface area contributed by atoms with Gasteiger partial charge in [0.05, 0.1) is 5.03 Å². The van der Waals surface area contributed by atoms with Crippen LogP contribution in [0.3, 0.4) is 0 Å². The zero-order chi connectivity index (χ0) is 18.0. The molecule has 0 aliphatic heterocycles. The molecule has 0 aromatic heterocycles. The van der Waals surface area contributed by atoms with Gasteiger partial charge in [-0.2, -0.15) is 0 Å². The zero-order valence-corrected chi connectivity index (χ0v) is 16.3. The normalized spacial score (nSPS) is 46.3. The minimum absolute atomic E-state index is 0.0808. The summed E-state index contributed by atoms with van der Waals surface area (Å²) >= 11 is 6.45. The van der Waals surface area contributed by atoms with Crippen LogP contribution in [0.2, 0.25) is 0 Å². The summed E-state index contributed by atoms with van der Waals surface area (Å²) in [4.78, 5) is 23.6. The fourth-order valence-electron chi connectivity index (χ4n) is 7.00. The molecule has 3 saturated carbocycles. The topological polar surface area (TPSA) is 43.4 Å². The number of rotatable bonds is 1. The number of hydrogen-bond acceptors (Lipinski definition) is 3. The van der Waals surface area contributed by atoms with Crippen LogP contribution < -0.4 is 0 Å². The van der Waals surface area contributed by atoms with E-state index >= 15 is 0 Å². The molecule has 4 rings (SSSR count). The maximum Gasteiger partial charge on any atom is 0.302 e. The Bertz CT molecular complexity index is 654. The second-order valence-electron chi connectivity index (χ2n) is 9.27. The quantitative estimate of drug-likeness (QED) is 0.614. The van der Waals surface area contributed by atoms with Crippen molar-refractivity contribution in [3.8, 4) is 0 Å². The zero-order valence-electron chi connectivity index (χ0n) is 15.6. The van der Waals surface area contributed by atoms with E-state index in [1.165, 1.54) is 12.5 Å². The van der Waals surface area contributed by atoms with Gasteiger partial charge in [-0.1, -0.05) is 25.4 Å². The van der Waals surface area contributed by atoms with Crippen molar-refractivity contribution in [3.63, 3.8) is 0 Å². The number of fused-ring (bicyclic) bond motifs is 5. The van der Waals surface area contributed by atoms with E-state index in [2.05, 4.69) is 13.8 Å². The summed E-state index contributed by atoms with van der Waals surface area (Å²) in [5, 5.41) is 0.546. The number of carbonyl (C=O) groups excluding carboxylic acids is 2. The van der Waals surface area contributed by atoms with Crippen molar-refractivity contribution < 1.29 is 14.3 Å². The van der Waals surface area contributed by atoms with Crippen LogP contribution in [0.25, 0.3) is 0 Å². The summed E-state index contributed by atoms with van der Waals surface area (Å²) in [7, 11) is 0. The van der Waals surface area contributed by atoms with Crippen molar-refractivity contribution in [2.75, 3.05) is 0 Å². The fourth-order valence-corrected chi connectivity index (χ4v) is 7.40. The minimum Gasteiger partial charge on any atom is -0.462 e. The van der Waals surface area contributed by atoms with Crippen molar-refractivity contribution >= 4 is 23.4 Å². The van der Waals surface area contributed by atoms with Crippen molar-refractivity contribution in [2.45, 2.75) is 78.2 Å². The first-order valence-corrected chi connectivity index (χ1v) is 10.2. The van der Waals surface area contributed by atoms with Gasteiger partial charge in [-0.25, -0.2) is 0 Å². The van der Waals surface area contributed by atoms with E-state index < -0.39 is 0 Å². The Labute approximate surface area is 155 Å². The van der Waals surface area contributed by atoms with Crippen LogP contribution in [0.1, 0.15) is 72.1 Å². The maximum absolute atomic E-state index is 12.1. The highest BCUT2D eigenvalue weighted by atomic mass is 35.5. The molecule has 0 radical (unpaired) electrons. The van der Waals surface area contributed by atoms with E-state index in [0.29, 0.717) is 29.2 Å². The summed E-state index contributed by atoms with van der Waals surface area (Å²) in [6, 6.07) is 0. The Hall–Kier alpha value is -0.830. The first-order chi connectivity index (χ1) is 11.8. The van der Waals surface area contributed by atoms with Crippen LogP contribution in [0.15, 0.2) is 10.6 Å². The monoisotopic (exact) mass is 364 g/mol. The van der Waals surface area contributed by atoms with E-state index in [4.69, 9.17) is 16.3 Å². The number of ether oxygens (including phenoxy) is 1. The Kier molecular flexibility index (Phi) is 4.10. The molecule has 0 heterocycles. The number of carbonyl (C=O) groups is 2. The SMILES string of the molecule is CC(=O)O[C@H]1CCC2C3CCC4=C(Cl)C(=O)CCC4(C)C3CCC21C. The Morgan fingerprint density at radius 2 is 1.84 bits per heavy atom. The van der Waals surface area contributed by atoms with Gasteiger partial charge in [0, 0.05) is 18.8 Å². The summed E-state index contributed by atoms with van der Waals surface area (Å²) < 4.78 is 5.71. The number of allylic oxidation sites excluding steroid dienone is 1. The molecule has 0 aromatic carbocycles. The van der Waals surface area contributed by atoms with Crippen molar-refractivity contribution in [3.05, 3.63) is 10.6 Å². The summed E-state index contributed by atoms with van der Waals surface area (Å²) in [6.45, 7) is 6.23. The van der Waals surface area contributed by atoms with E-state index in [0.717, 1.165) is 44.9 Å². The first kappa shape index (κ1) is 17.6. The van der Waals surface area contributed by atoms with E-state index in [-0.39, 0.29) is 28.7 Å². The van der Waals surface area contributed by atoms with Gasteiger partial charge in [-0.3, -0.25) is 9.59 Å². The van der Waals surface area contributed by atoms with E-state index in [1.807, 2.05) is 0 Å². The molecule has 0 saturated heterocycles. The number of halogens is 1. The lowest BCUT2D eigenvalue weighted by Gasteiger charge is -2.58. The molecule has 4 aliphatic carbocycles. The lowest BCUT2D eigenvalue weighted by atomic mass is 9.47. The van der Waals surface area contributed by atoms with Crippen LogP contribution in [-0.2, 0) is 14.3 Å². The average Bonchev–Trinajstić information content (AvgIpc) is 2.88. The predicted octanol–water partition coefficient (Wildman–Crippen LogP) is 5.02. The van der Waals surface area contributed by atoms with Crippen LogP contribution in [-0.4, -0.2) is 17.9 Å². The minimum atomic E-state index is -0.146. The van der Waals surface area contributed by atoms with Gasteiger partial charge >= 0.3 is 5.97 Å². The van der Waals surface area contributed by atoms with Crippen molar-refractivity contribution in [2.24, 2.45) is 28.6 Å². The molecule has 0 spiro atoms. The summed E-state index contributed by atoms with van der Waals surface area (Å²) in [6.07, 6.45) is 8.17. The molecule has 0 bridgehead atoms. The van der Waals surface area contributed by atoms with E-state index in [9.17, 15) is 9.59 Å². The predicted molar refractivity (Wildman–Crippen MR) is 97.1 cm³/mol. The first-order valence-electron chi connectivity index (χ1n) is 9.87.